The fourth-order valence-corrected chi connectivity index (χ4v) is 4.00. The van der Waals surface area contributed by atoms with Gasteiger partial charge in [0, 0.05) is 12.1 Å². The average molecular weight is 307 g/mol. The van der Waals surface area contributed by atoms with Crippen LogP contribution in [0.1, 0.15) is 12.8 Å². The van der Waals surface area contributed by atoms with Crippen molar-refractivity contribution in [2.45, 2.75) is 12.8 Å². The highest BCUT2D eigenvalue weighted by Gasteiger charge is 2.57. The van der Waals surface area contributed by atoms with Gasteiger partial charge in [-0.25, -0.2) is 18.1 Å². The predicted octanol–water partition coefficient (Wildman–Crippen LogP) is 2.81. The minimum atomic E-state index is -1.35. The smallest absolute Gasteiger partial charge is 0.238 e. The van der Waals surface area contributed by atoms with Crippen LogP contribution in [0.25, 0.3) is 0 Å². The van der Waals surface area contributed by atoms with Gasteiger partial charge in [0.15, 0.2) is 17.5 Å². The third-order valence-corrected chi connectivity index (χ3v) is 4.99. The van der Waals surface area contributed by atoms with Crippen molar-refractivity contribution in [3.8, 4) is 0 Å². The number of rotatable bonds is 1. The molecule has 2 bridgehead atoms. The van der Waals surface area contributed by atoms with Gasteiger partial charge in [0.05, 0.1) is 17.5 Å². The maximum absolute atomic E-state index is 13.9. The summed E-state index contributed by atoms with van der Waals surface area (Å²) < 4.78 is 40.4. The maximum Gasteiger partial charge on any atom is 0.238 e. The van der Waals surface area contributed by atoms with Gasteiger partial charge < -0.3 is 0 Å². The van der Waals surface area contributed by atoms with Crippen LogP contribution in [0.2, 0.25) is 0 Å². The monoisotopic (exact) mass is 307 g/mol. The standard InChI is InChI=1S/C16H12F3NO2/c17-9-5-11(19)12(6-10(9)18)20-15(21)13-7-1-2-8(4-3-7)14(13)16(20)22/h1-2,5-8,13-14H,3-4H2/t7-,8+,13-,14+. The molecule has 3 aliphatic carbocycles. The Morgan fingerprint density at radius 1 is 0.818 bits per heavy atom. The lowest BCUT2D eigenvalue weighted by atomic mass is 9.63. The first-order valence-electron chi connectivity index (χ1n) is 7.19. The van der Waals surface area contributed by atoms with E-state index in [1.807, 2.05) is 12.2 Å². The third-order valence-electron chi connectivity index (χ3n) is 4.99. The highest BCUT2D eigenvalue weighted by molar-refractivity contribution is 6.22. The molecule has 4 atom stereocenters. The number of fused-ring (bicyclic) bond motifs is 1. The molecule has 1 saturated carbocycles. The molecule has 2 fully saturated rings. The second-order valence-electron chi connectivity index (χ2n) is 6.07. The molecule has 1 aliphatic heterocycles. The fraction of sp³-hybridized carbons (Fsp3) is 0.375. The van der Waals surface area contributed by atoms with Crippen LogP contribution < -0.4 is 4.90 Å². The Hall–Kier alpha value is -2.11. The van der Waals surface area contributed by atoms with Crippen molar-refractivity contribution in [2.75, 3.05) is 4.90 Å². The Morgan fingerprint density at radius 2 is 1.32 bits per heavy atom. The van der Waals surface area contributed by atoms with Gasteiger partial charge in [-0.05, 0) is 24.7 Å². The molecule has 1 saturated heterocycles. The van der Waals surface area contributed by atoms with Crippen LogP contribution >= 0.6 is 0 Å². The molecule has 0 unspecified atom stereocenters. The molecule has 0 radical (unpaired) electrons. The second-order valence-corrected chi connectivity index (χ2v) is 6.07. The summed E-state index contributed by atoms with van der Waals surface area (Å²) in [4.78, 5) is 25.9. The highest BCUT2D eigenvalue weighted by Crippen LogP contribution is 2.50. The largest absolute Gasteiger partial charge is 0.274 e. The summed E-state index contributed by atoms with van der Waals surface area (Å²) in [6, 6.07) is 0.938. The van der Waals surface area contributed by atoms with Crippen LogP contribution in [0.5, 0.6) is 0 Å². The Balaban J connectivity index is 1.80. The van der Waals surface area contributed by atoms with Gasteiger partial charge in [0.2, 0.25) is 11.8 Å². The van der Waals surface area contributed by atoms with E-state index in [4.69, 9.17) is 0 Å². The molecular weight excluding hydrogens is 295 g/mol. The van der Waals surface area contributed by atoms with Crippen molar-refractivity contribution in [1.82, 2.24) is 0 Å². The lowest BCUT2D eigenvalue weighted by molar-refractivity contribution is -0.124. The predicted molar refractivity (Wildman–Crippen MR) is 71.1 cm³/mol. The Bertz CT molecular complexity index is 698. The van der Waals surface area contributed by atoms with Crippen molar-refractivity contribution in [3.63, 3.8) is 0 Å². The molecule has 0 N–H and O–H groups in total. The third kappa shape index (κ3) is 1.63. The number of carbonyl (C=O) groups excluding carboxylic acids is 2. The number of hydrogen-bond acceptors (Lipinski definition) is 2. The van der Waals surface area contributed by atoms with E-state index in [0.717, 1.165) is 12.8 Å². The van der Waals surface area contributed by atoms with E-state index in [0.29, 0.717) is 17.0 Å². The van der Waals surface area contributed by atoms with Gasteiger partial charge in [-0.1, -0.05) is 12.2 Å². The Labute approximate surface area is 124 Å². The number of amides is 2. The Morgan fingerprint density at radius 3 is 1.82 bits per heavy atom. The van der Waals surface area contributed by atoms with E-state index in [1.54, 1.807) is 0 Å². The molecule has 0 aromatic heterocycles. The summed E-state index contributed by atoms with van der Waals surface area (Å²) in [6.07, 6.45) is 5.50. The number of benzene rings is 1. The number of nitrogens with zero attached hydrogens (tertiary/aromatic N) is 1. The van der Waals surface area contributed by atoms with E-state index >= 15 is 0 Å². The molecule has 114 valence electrons. The van der Waals surface area contributed by atoms with Crippen molar-refractivity contribution in [1.29, 1.82) is 0 Å². The number of halogens is 3. The molecule has 4 aliphatic rings. The summed E-state index contributed by atoms with van der Waals surface area (Å²) in [5.74, 6) is -5.87. The van der Waals surface area contributed by atoms with Crippen molar-refractivity contribution >= 4 is 17.5 Å². The minimum absolute atomic E-state index is 0.0372. The maximum atomic E-state index is 13.9. The summed E-state index contributed by atoms with van der Waals surface area (Å²) in [5.41, 5.74) is -0.497. The summed E-state index contributed by atoms with van der Waals surface area (Å²) in [7, 11) is 0. The highest BCUT2D eigenvalue weighted by atomic mass is 19.2. The summed E-state index contributed by atoms with van der Waals surface area (Å²) in [5, 5.41) is 0. The SMILES string of the molecule is O=C1[C@@H]2[C@H](C(=O)N1c1cc(F)c(F)cc1F)[C@@H]1C=C[C@H]2CC1. The topological polar surface area (TPSA) is 37.4 Å². The number of imide groups is 1. The number of anilines is 1. The van der Waals surface area contributed by atoms with Crippen LogP contribution in [0.4, 0.5) is 18.9 Å². The van der Waals surface area contributed by atoms with Gasteiger partial charge in [-0.2, -0.15) is 0 Å². The zero-order valence-electron chi connectivity index (χ0n) is 11.4. The van der Waals surface area contributed by atoms with Crippen LogP contribution in [-0.2, 0) is 9.59 Å². The second kappa shape index (κ2) is 4.44. The average Bonchev–Trinajstić information content (AvgIpc) is 2.78. The van der Waals surface area contributed by atoms with Crippen molar-refractivity contribution in [2.24, 2.45) is 23.7 Å². The Kier molecular flexibility index (Phi) is 2.74. The van der Waals surface area contributed by atoms with Crippen molar-refractivity contribution < 1.29 is 22.8 Å². The summed E-state index contributed by atoms with van der Waals surface area (Å²) in [6.45, 7) is 0. The van der Waals surface area contributed by atoms with Gasteiger partial charge in [0.25, 0.3) is 0 Å². The normalized spacial score (nSPS) is 32.8. The molecule has 3 nitrogen and oxygen atoms in total. The van der Waals surface area contributed by atoms with Crippen LogP contribution in [0.15, 0.2) is 24.3 Å². The first-order valence-corrected chi connectivity index (χ1v) is 7.19. The molecule has 1 aromatic carbocycles. The molecule has 6 heteroatoms. The van der Waals surface area contributed by atoms with Crippen molar-refractivity contribution in [3.05, 3.63) is 41.7 Å². The van der Waals surface area contributed by atoms with Gasteiger partial charge in [-0.15, -0.1) is 0 Å². The fourth-order valence-electron chi connectivity index (χ4n) is 4.00. The lowest BCUT2D eigenvalue weighted by Crippen LogP contribution is -2.38. The molecule has 5 rings (SSSR count). The van der Waals surface area contributed by atoms with Gasteiger partial charge in [-0.3, -0.25) is 9.59 Å². The van der Waals surface area contributed by atoms with Crippen LogP contribution in [-0.4, -0.2) is 11.8 Å². The zero-order valence-corrected chi connectivity index (χ0v) is 11.4. The lowest BCUT2D eigenvalue weighted by Gasteiger charge is -2.38. The molecule has 0 spiro atoms. The van der Waals surface area contributed by atoms with Gasteiger partial charge in [0.1, 0.15) is 0 Å². The first kappa shape index (κ1) is 13.5. The number of hydrogen-bond donors (Lipinski definition) is 0. The van der Waals surface area contributed by atoms with Crippen LogP contribution in [0, 0.1) is 41.1 Å². The van der Waals surface area contributed by atoms with E-state index in [-0.39, 0.29) is 11.8 Å². The van der Waals surface area contributed by atoms with E-state index in [9.17, 15) is 22.8 Å². The number of allylic oxidation sites excluding steroid dienone is 2. The molecule has 1 aromatic rings. The molecular formula is C16H12F3NO2. The van der Waals surface area contributed by atoms with E-state index < -0.39 is 46.8 Å². The number of carbonyl (C=O) groups is 2. The van der Waals surface area contributed by atoms with E-state index in [2.05, 4.69) is 0 Å². The molecule has 1 heterocycles. The summed E-state index contributed by atoms with van der Waals surface area (Å²) >= 11 is 0. The molecule has 22 heavy (non-hydrogen) atoms. The zero-order chi connectivity index (χ0) is 15.6. The van der Waals surface area contributed by atoms with Crippen LogP contribution in [0.3, 0.4) is 0 Å². The quantitative estimate of drug-likeness (QED) is 0.454. The molecule has 2 amide bonds. The van der Waals surface area contributed by atoms with E-state index in [1.165, 1.54) is 0 Å². The minimum Gasteiger partial charge on any atom is -0.274 e. The van der Waals surface area contributed by atoms with Gasteiger partial charge >= 0.3 is 0 Å². The first-order chi connectivity index (χ1) is 10.5.